The molecule has 0 aliphatic carbocycles. The van der Waals surface area contributed by atoms with Gasteiger partial charge in [0.1, 0.15) is 12.7 Å². The molecule has 0 heterocycles. The number of amides is 1. The molecule has 0 saturated heterocycles. The molecule has 0 fully saturated rings. The molecule has 1 amide bonds. The van der Waals surface area contributed by atoms with Gasteiger partial charge in [-0.25, -0.2) is 9.36 Å². The second-order valence-electron chi connectivity index (χ2n) is 15.3. The first-order valence-corrected chi connectivity index (χ1v) is 23.6. The molecule has 0 aromatic rings. The van der Waals surface area contributed by atoms with Gasteiger partial charge in [-0.05, 0) is 12.8 Å². The number of hydrogen-bond acceptors (Lipinski definition) is 8. The predicted molar refractivity (Wildman–Crippen MR) is 217 cm³/mol. The van der Waals surface area contributed by atoms with Crippen molar-refractivity contribution in [1.29, 1.82) is 0 Å². The van der Waals surface area contributed by atoms with E-state index in [9.17, 15) is 34.1 Å². The SMILES string of the molecule is CCCCCCCCCCCCCCCCCCCC(=O)OCC(O)COP(=O)(O)OCC(NC(=O)CCCCCCCCCCCCCCC)C(=O)O. The minimum atomic E-state index is -4.75. The molecule has 0 aromatic heterocycles. The van der Waals surface area contributed by atoms with Gasteiger partial charge < -0.3 is 25.2 Å². The first kappa shape index (κ1) is 52.5. The van der Waals surface area contributed by atoms with Crippen molar-refractivity contribution in [2.24, 2.45) is 0 Å². The first-order chi connectivity index (χ1) is 26.1. The number of rotatable bonds is 42. The zero-order chi connectivity index (χ0) is 40.0. The number of aliphatic carboxylic acids is 1. The fraction of sp³-hybridized carbons (Fsp3) is 0.929. The first-order valence-electron chi connectivity index (χ1n) is 22.1. The van der Waals surface area contributed by atoms with Crippen LogP contribution in [0.5, 0.6) is 0 Å². The van der Waals surface area contributed by atoms with Crippen molar-refractivity contribution in [3.8, 4) is 0 Å². The quantitative estimate of drug-likeness (QED) is 0.0265. The van der Waals surface area contributed by atoms with Gasteiger partial charge in [0.2, 0.25) is 5.91 Å². The Balaban J connectivity index is 3.85. The number of aliphatic hydroxyl groups is 1. The summed E-state index contributed by atoms with van der Waals surface area (Å²) >= 11 is 0. The number of carboxylic acids is 1. The van der Waals surface area contributed by atoms with Crippen molar-refractivity contribution in [3.05, 3.63) is 0 Å². The molecule has 0 rings (SSSR count). The number of carbonyl (C=O) groups excluding carboxylic acids is 2. The van der Waals surface area contributed by atoms with Gasteiger partial charge in [-0.3, -0.25) is 18.6 Å². The summed E-state index contributed by atoms with van der Waals surface area (Å²) in [5.74, 6) is -2.35. The zero-order valence-corrected chi connectivity index (χ0v) is 35.4. The molecule has 0 spiro atoms. The molecule has 3 atom stereocenters. The molecule has 0 radical (unpaired) electrons. The van der Waals surface area contributed by atoms with E-state index in [-0.39, 0.29) is 12.8 Å². The molecule has 12 heteroatoms. The van der Waals surface area contributed by atoms with E-state index in [0.29, 0.717) is 12.8 Å². The molecule has 54 heavy (non-hydrogen) atoms. The Morgan fingerprint density at radius 1 is 0.519 bits per heavy atom. The largest absolute Gasteiger partial charge is 0.480 e. The molecule has 11 nitrogen and oxygen atoms in total. The number of hydrogen-bond donors (Lipinski definition) is 4. The van der Waals surface area contributed by atoms with Gasteiger partial charge >= 0.3 is 19.8 Å². The average Bonchev–Trinajstić information content (AvgIpc) is 3.14. The minimum Gasteiger partial charge on any atom is -0.480 e. The van der Waals surface area contributed by atoms with Gasteiger partial charge in [-0.15, -0.1) is 0 Å². The molecule has 4 N–H and O–H groups in total. The summed E-state index contributed by atoms with van der Waals surface area (Å²) in [6, 6.07) is -1.54. The van der Waals surface area contributed by atoms with E-state index in [1.165, 1.54) is 141 Å². The number of esters is 1. The lowest BCUT2D eigenvalue weighted by atomic mass is 10.0. The number of carbonyl (C=O) groups is 3. The molecule has 3 unspecified atom stereocenters. The Morgan fingerprint density at radius 2 is 0.852 bits per heavy atom. The van der Waals surface area contributed by atoms with Crippen LogP contribution >= 0.6 is 7.82 Å². The fourth-order valence-corrected chi connectivity index (χ4v) is 7.21. The third-order valence-electron chi connectivity index (χ3n) is 9.90. The molecular formula is C42H82NO10P. The van der Waals surface area contributed by atoms with Crippen LogP contribution in [0.4, 0.5) is 0 Å². The van der Waals surface area contributed by atoms with Crippen LogP contribution in [0, 0.1) is 0 Å². The Bertz CT molecular complexity index is 937. The highest BCUT2D eigenvalue weighted by Gasteiger charge is 2.28. The number of carboxylic acid groups (broad SMARTS) is 1. The molecule has 0 bridgehead atoms. The summed E-state index contributed by atoms with van der Waals surface area (Å²) in [6.45, 7) is 2.61. The van der Waals surface area contributed by atoms with Crippen LogP contribution in [0.3, 0.4) is 0 Å². The van der Waals surface area contributed by atoms with Crippen molar-refractivity contribution in [3.63, 3.8) is 0 Å². The van der Waals surface area contributed by atoms with E-state index in [2.05, 4.69) is 19.2 Å². The van der Waals surface area contributed by atoms with E-state index in [4.69, 9.17) is 13.8 Å². The van der Waals surface area contributed by atoms with E-state index in [1.807, 2.05) is 0 Å². The number of unbranched alkanes of at least 4 members (excludes halogenated alkanes) is 28. The topological polar surface area (TPSA) is 169 Å². The maximum atomic E-state index is 12.3. The molecule has 0 aliphatic heterocycles. The van der Waals surface area contributed by atoms with Crippen molar-refractivity contribution in [1.82, 2.24) is 5.32 Å². The van der Waals surface area contributed by atoms with Crippen molar-refractivity contribution < 1.29 is 47.8 Å². The van der Waals surface area contributed by atoms with E-state index >= 15 is 0 Å². The van der Waals surface area contributed by atoms with Crippen LogP contribution in [0.15, 0.2) is 0 Å². The van der Waals surface area contributed by atoms with Gasteiger partial charge in [0, 0.05) is 12.8 Å². The van der Waals surface area contributed by atoms with Gasteiger partial charge in [-0.1, -0.05) is 194 Å². The van der Waals surface area contributed by atoms with Gasteiger partial charge in [0.05, 0.1) is 13.2 Å². The lowest BCUT2D eigenvalue weighted by molar-refractivity contribution is -0.147. The van der Waals surface area contributed by atoms with Crippen molar-refractivity contribution in [2.75, 3.05) is 19.8 Å². The Kier molecular flexibility index (Phi) is 37.3. The molecule has 320 valence electrons. The Labute approximate surface area is 329 Å². The van der Waals surface area contributed by atoms with Crippen LogP contribution in [-0.2, 0) is 32.7 Å². The lowest BCUT2D eigenvalue weighted by Gasteiger charge is -2.18. The zero-order valence-electron chi connectivity index (χ0n) is 34.6. The summed E-state index contributed by atoms with van der Waals surface area (Å²) in [5.41, 5.74) is 0. The Morgan fingerprint density at radius 3 is 1.22 bits per heavy atom. The van der Waals surface area contributed by atoms with Crippen LogP contribution < -0.4 is 5.32 Å². The predicted octanol–water partition coefficient (Wildman–Crippen LogP) is 11.1. The van der Waals surface area contributed by atoms with Gasteiger partial charge in [-0.2, -0.15) is 0 Å². The van der Waals surface area contributed by atoms with Crippen molar-refractivity contribution >= 4 is 25.7 Å². The summed E-state index contributed by atoms with van der Waals surface area (Å²) in [4.78, 5) is 45.8. The molecule has 0 saturated carbocycles. The molecular weight excluding hydrogens is 709 g/mol. The van der Waals surface area contributed by atoms with E-state index in [1.54, 1.807) is 0 Å². The third kappa shape index (κ3) is 37.4. The normalized spacial score (nSPS) is 13.7. The van der Waals surface area contributed by atoms with E-state index in [0.717, 1.165) is 38.5 Å². The van der Waals surface area contributed by atoms with Crippen molar-refractivity contribution in [2.45, 2.75) is 231 Å². The smallest absolute Gasteiger partial charge is 0.472 e. The highest BCUT2D eigenvalue weighted by Crippen LogP contribution is 2.43. The average molecular weight is 792 g/mol. The summed E-state index contributed by atoms with van der Waals surface area (Å²) < 4.78 is 26.8. The highest BCUT2D eigenvalue weighted by molar-refractivity contribution is 7.47. The third-order valence-corrected chi connectivity index (χ3v) is 10.8. The van der Waals surface area contributed by atoms with E-state index < -0.39 is 57.6 Å². The summed E-state index contributed by atoms with van der Waals surface area (Å²) in [7, 11) is -4.75. The van der Waals surface area contributed by atoms with Gasteiger partial charge in [0.25, 0.3) is 0 Å². The molecule has 0 aromatic carbocycles. The number of phosphoric acid groups is 1. The monoisotopic (exact) mass is 792 g/mol. The maximum Gasteiger partial charge on any atom is 0.472 e. The van der Waals surface area contributed by atoms with Gasteiger partial charge in [0.15, 0.2) is 6.04 Å². The molecule has 0 aliphatic rings. The Hall–Kier alpha value is -1.52. The number of phosphoric ester groups is 1. The minimum absolute atomic E-state index is 0.152. The number of aliphatic hydroxyl groups excluding tert-OH is 1. The van der Waals surface area contributed by atoms with Crippen LogP contribution in [0.1, 0.15) is 219 Å². The number of nitrogens with one attached hydrogen (secondary N) is 1. The second kappa shape index (κ2) is 38.4. The maximum absolute atomic E-state index is 12.3. The highest BCUT2D eigenvalue weighted by atomic mass is 31.2. The van der Waals surface area contributed by atoms with Crippen LogP contribution in [0.2, 0.25) is 0 Å². The standard InChI is InChI=1S/C42H82NO10P/c1-3-5-7-9-11-13-15-17-18-19-20-22-24-26-28-30-32-34-41(46)51-35-38(44)36-52-54(49,50)53-37-39(42(47)48)43-40(45)33-31-29-27-25-23-21-16-14-12-10-8-6-4-2/h38-39,44H,3-37H2,1-2H3,(H,43,45)(H,47,48)(H,49,50). The summed E-state index contributed by atoms with van der Waals surface area (Å²) in [5, 5.41) is 21.8. The second-order valence-corrected chi connectivity index (χ2v) is 16.7. The fourth-order valence-electron chi connectivity index (χ4n) is 6.43. The summed E-state index contributed by atoms with van der Waals surface area (Å²) in [6.07, 6.45) is 35.5. The number of ether oxygens (including phenoxy) is 1. The lowest BCUT2D eigenvalue weighted by Crippen LogP contribution is -2.43. The van der Waals surface area contributed by atoms with Crippen LogP contribution in [-0.4, -0.2) is 64.9 Å². The van der Waals surface area contributed by atoms with Crippen LogP contribution in [0.25, 0.3) is 0 Å².